The number of hydrogen-bond donors (Lipinski definition) is 2. The Morgan fingerprint density at radius 1 is 1.10 bits per heavy atom. The van der Waals surface area contributed by atoms with Crippen molar-refractivity contribution in [3.05, 3.63) is 45.6 Å². The maximum absolute atomic E-state index is 12.8. The van der Waals surface area contributed by atoms with E-state index >= 15 is 0 Å². The summed E-state index contributed by atoms with van der Waals surface area (Å²) >= 11 is 1.65. The van der Waals surface area contributed by atoms with Crippen molar-refractivity contribution in [2.24, 2.45) is 0 Å². The number of rotatable bonds is 5. The Balaban J connectivity index is 1.78. The zero-order valence-corrected chi connectivity index (χ0v) is 19.2. The van der Waals surface area contributed by atoms with Gasteiger partial charge in [-0.3, -0.25) is 4.79 Å². The number of hydrogen-bond acceptors (Lipinski definition) is 4. The van der Waals surface area contributed by atoms with Crippen LogP contribution in [0.5, 0.6) is 0 Å². The summed E-state index contributed by atoms with van der Waals surface area (Å²) in [7, 11) is -3.67. The molecular weight excluding hydrogens is 404 g/mol. The zero-order valence-electron chi connectivity index (χ0n) is 17.5. The van der Waals surface area contributed by atoms with Crippen LogP contribution in [0.15, 0.2) is 34.5 Å². The van der Waals surface area contributed by atoms with Crippen LogP contribution in [0.1, 0.15) is 79.6 Å². The molecule has 1 aliphatic rings. The second-order valence-electron chi connectivity index (χ2n) is 8.86. The summed E-state index contributed by atoms with van der Waals surface area (Å²) in [6, 6.07) is 6.79. The molecule has 0 saturated heterocycles. The van der Waals surface area contributed by atoms with E-state index in [1.165, 1.54) is 43.0 Å². The molecule has 1 aromatic heterocycles. The smallest absolute Gasteiger partial charge is 0.256 e. The summed E-state index contributed by atoms with van der Waals surface area (Å²) in [5.74, 6) is 0.360. The van der Waals surface area contributed by atoms with Gasteiger partial charge in [-0.2, -0.15) is 0 Å². The monoisotopic (exact) mass is 434 g/mol. The maximum atomic E-state index is 12.8. The lowest BCUT2D eigenvalue weighted by atomic mass is 9.88. The Kier molecular flexibility index (Phi) is 6.51. The molecule has 2 N–H and O–H groups in total. The number of sulfonamides is 1. The highest BCUT2D eigenvalue weighted by Gasteiger charge is 2.23. The highest BCUT2D eigenvalue weighted by molar-refractivity contribution is 7.89. The summed E-state index contributed by atoms with van der Waals surface area (Å²) in [6.07, 6.45) is 6.21. The van der Waals surface area contributed by atoms with Crippen molar-refractivity contribution in [1.29, 1.82) is 0 Å². The minimum Gasteiger partial charge on any atom is -0.322 e. The van der Waals surface area contributed by atoms with E-state index in [1.807, 2.05) is 18.4 Å². The Hall–Kier alpha value is -1.70. The lowest BCUT2D eigenvalue weighted by molar-refractivity contribution is 0.102. The number of nitrogens with one attached hydrogen (secondary N) is 2. The summed E-state index contributed by atoms with van der Waals surface area (Å²) in [5, 5.41) is 4.79. The maximum Gasteiger partial charge on any atom is 0.256 e. The average Bonchev–Trinajstić information content (AvgIpc) is 3.12. The Morgan fingerprint density at radius 3 is 2.45 bits per heavy atom. The standard InChI is InChI=1S/C22H30N2O3S2/c1-15-10-11-18(29(26,27)24-22(2,3)4)13-19(15)23-21(25)17-12-20(28-14-17)16-8-6-5-7-9-16/h10-14,16,24H,5-9H2,1-4H3,(H,23,25). The molecule has 1 aliphatic carbocycles. The average molecular weight is 435 g/mol. The number of carbonyl (C=O) groups excluding carboxylic acids is 1. The first-order valence-corrected chi connectivity index (χ1v) is 12.5. The van der Waals surface area contributed by atoms with E-state index in [0.717, 1.165) is 5.56 Å². The van der Waals surface area contributed by atoms with Crippen molar-refractivity contribution in [2.45, 2.75) is 76.2 Å². The van der Waals surface area contributed by atoms with E-state index in [-0.39, 0.29) is 10.8 Å². The fourth-order valence-corrected chi connectivity index (χ4v) is 6.14. The van der Waals surface area contributed by atoms with Crippen LogP contribution < -0.4 is 10.0 Å². The van der Waals surface area contributed by atoms with Gasteiger partial charge in [-0.05, 0) is 70.2 Å². The number of thiophene rings is 1. The first kappa shape index (κ1) is 22.0. The van der Waals surface area contributed by atoms with Crippen LogP contribution in [0.4, 0.5) is 5.69 Å². The molecule has 1 heterocycles. The van der Waals surface area contributed by atoms with Gasteiger partial charge in [0.2, 0.25) is 10.0 Å². The topological polar surface area (TPSA) is 75.3 Å². The second-order valence-corrected chi connectivity index (χ2v) is 11.5. The molecule has 3 rings (SSSR count). The molecule has 0 spiro atoms. The van der Waals surface area contributed by atoms with Crippen LogP contribution >= 0.6 is 11.3 Å². The van der Waals surface area contributed by atoms with Crippen molar-refractivity contribution in [2.75, 3.05) is 5.32 Å². The lowest BCUT2D eigenvalue weighted by Gasteiger charge is -2.21. The molecule has 0 unspecified atom stereocenters. The van der Waals surface area contributed by atoms with Crippen LogP contribution in [0.3, 0.4) is 0 Å². The zero-order chi connectivity index (χ0) is 21.2. The predicted octanol–water partition coefficient (Wildman–Crippen LogP) is 5.43. The van der Waals surface area contributed by atoms with Gasteiger partial charge in [-0.15, -0.1) is 11.3 Å². The number of aryl methyl sites for hydroxylation is 1. The molecule has 7 heteroatoms. The van der Waals surface area contributed by atoms with E-state index in [0.29, 0.717) is 17.2 Å². The van der Waals surface area contributed by atoms with Gasteiger partial charge in [-0.25, -0.2) is 13.1 Å². The molecule has 2 aromatic rings. The van der Waals surface area contributed by atoms with Crippen LogP contribution in [-0.4, -0.2) is 19.9 Å². The van der Waals surface area contributed by atoms with Crippen molar-refractivity contribution in [3.8, 4) is 0 Å². The first-order valence-electron chi connectivity index (χ1n) is 10.1. The van der Waals surface area contributed by atoms with E-state index < -0.39 is 15.6 Å². The molecule has 1 aromatic carbocycles. The van der Waals surface area contributed by atoms with Crippen LogP contribution in [0, 0.1) is 6.92 Å². The van der Waals surface area contributed by atoms with Gasteiger partial charge in [0.25, 0.3) is 5.91 Å². The van der Waals surface area contributed by atoms with Gasteiger partial charge in [-0.1, -0.05) is 25.3 Å². The Bertz CT molecular complexity index is 982. The molecule has 0 bridgehead atoms. The third-order valence-corrected chi connectivity index (χ3v) is 7.95. The van der Waals surface area contributed by atoms with Gasteiger partial charge in [0.15, 0.2) is 0 Å². The van der Waals surface area contributed by atoms with Crippen molar-refractivity contribution in [1.82, 2.24) is 4.72 Å². The van der Waals surface area contributed by atoms with Crippen LogP contribution in [0.2, 0.25) is 0 Å². The highest BCUT2D eigenvalue weighted by atomic mass is 32.2. The fourth-order valence-electron chi connectivity index (χ4n) is 3.63. The predicted molar refractivity (Wildman–Crippen MR) is 119 cm³/mol. The number of benzene rings is 1. The molecular formula is C22H30N2O3S2. The molecule has 29 heavy (non-hydrogen) atoms. The number of anilines is 1. The summed E-state index contributed by atoms with van der Waals surface area (Å²) < 4.78 is 27.9. The molecule has 0 aliphatic heterocycles. The van der Waals surface area contributed by atoms with Gasteiger partial charge >= 0.3 is 0 Å². The van der Waals surface area contributed by atoms with Gasteiger partial charge in [0.1, 0.15) is 0 Å². The first-order chi connectivity index (χ1) is 13.5. The molecule has 1 amide bonds. The third-order valence-electron chi connectivity index (χ3n) is 5.10. The molecule has 158 valence electrons. The summed E-state index contributed by atoms with van der Waals surface area (Å²) in [4.78, 5) is 14.2. The molecule has 5 nitrogen and oxygen atoms in total. The van der Waals surface area contributed by atoms with Crippen LogP contribution in [0.25, 0.3) is 0 Å². The van der Waals surface area contributed by atoms with E-state index in [9.17, 15) is 13.2 Å². The van der Waals surface area contributed by atoms with E-state index in [4.69, 9.17) is 0 Å². The Morgan fingerprint density at radius 2 is 1.79 bits per heavy atom. The van der Waals surface area contributed by atoms with Gasteiger partial charge in [0.05, 0.1) is 10.5 Å². The lowest BCUT2D eigenvalue weighted by Crippen LogP contribution is -2.40. The quantitative estimate of drug-likeness (QED) is 0.658. The van der Waals surface area contributed by atoms with E-state index in [1.54, 1.807) is 44.2 Å². The summed E-state index contributed by atoms with van der Waals surface area (Å²) in [5.41, 5.74) is 1.38. The van der Waals surface area contributed by atoms with Crippen molar-refractivity contribution < 1.29 is 13.2 Å². The van der Waals surface area contributed by atoms with Gasteiger partial charge in [0, 0.05) is 21.5 Å². The SMILES string of the molecule is Cc1ccc(S(=O)(=O)NC(C)(C)C)cc1NC(=O)c1csc(C2CCCCC2)c1. The van der Waals surface area contributed by atoms with Crippen molar-refractivity contribution in [3.63, 3.8) is 0 Å². The molecule has 1 saturated carbocycles. The minimum atomic E-state index is -3.67. The van der Waals surface area contributed by atoms with Gasteiger partial charge < -0.3 is 5.32 Å². The number of carbonyl (C=O) groups is 1. The highest BCUT2D eigenvalue weighted by Crippen LogP contribution is 2.36. The fraction of sp³-hybridized carbons (Fsp3) is 0.500. The second kappa shape index (κ2) is 8.58. The molecule has 0 radical (unpaired) electrons. The normalized spacial score (nSPS) is 16.0. The molecule has 0 atom stereocenters. The Labute approximate surface area is 178 Å². The molecule has 1 fully saturated rings. The van der Waals surface area contributed by atoms with Crippen molar-refractivity contribution >= 4 is 33.0 Å². The minimum absolute atomic E-state index is 0.140. The summed E-state index contributed by atoms with van der Waals surface area (Å²) in [6.45, 7) is 7.23. The number of amides is 1. The van der Waals surface area contributed by atoms with Crippen LogP contribution in [-0.2, 0) is 10.0 Å². The van der Waals surface area contributed by atoms with E-state index in [2.05, 4.69) is 10.0 Å². The third kappa shape index (κ3) is 5.68. The largest absolute Gasteiger partial charge is 0.322 e.